The van der Waals surface area contributed by atoms with Crippen LogP contribution in [0.5, 0.6) is 11.5 Å². The van der Waals surface area contributed by atoms with E-state index < -0.39 is 0 Å². The SMILES string of the molecule is COc1cc2nc(C)cc(CO)c2cc1OC. The molecule has 0 bridgehead atoms. The molecule has 0 spiro atoms. The normalized spacial score (nSPS) is 10.6. The third-order valence-electron chi connectivity index (χ3n) is 2.70. The fourth-order valence-electron chi connectivity index (χ4n) is 1.90. The van der Waals surface area contributed by atoms with Gasteiger partial charge in [-0.15, -0.1) is 0 Å². The lowest BCUT2D eigenvalue weighted by atomic mass is 10.1. The first-order chi connectivity index (χ1) is 8.19. The second kappa shape index (κ2) is 4.59. The van der Waals surface area contributed by atoms with E-state index >= 15 is 0 Å². The lowest BCUT2D eigenvalue weighted by molar-refractivity contribution is 0.283. The van der Waals surface area contributed by atoms with Crippen LogP contribution in [0.4, 0.5) is 0 Å². The number of methoxy groups -OCH3 is 2. The van der Waals surface area contributed by atoms with E-state index in [-0.39, 0.29) is 6.61 Å². The molecular formula is C13H15NO3. The van der Waals surface area contributed by atoms with Crippen LogP contribution >= 0.6 is 0 Å². The fourth-order valence-corrected chi connectivity index (χ4v) is 1.90. The Morgan fingerprint density at radius 3 is 2.35 bits per heavy atom. The molecule has 2 rings (SSSR count). The number of aliphatic hydroxyl groups excluding tert-OH is 1. The van der Waals surface area contributed by atoms with Crippen LogP contribution in [0.3, 0.4) is 0 Å². The lowest BCUT2D eigenvalue weighted by Gasteiger charge is -2.11. The minimum atomic E-state index is -0.0185. The van der Waals surface area contributed by atoms with Crippen LogP contribution in [0, 0.1) is 6.92 Å². The Morgan fingerprint density at radius 1 is 1.12 bits per heavy atom. The molecule has 1 aromatic carbocycles. The third-order valence-corrected chi connectivity index (χ3v) is 2.70. The van der Waals surface area contributed by atoms with Crippen molar-refractivity contribution in [1.29, 1.82) is 0 Å². The molecule has 0 radical (unpaired) electrons. The Labute approximate surface area is 99.8 Å². The highest BCUT2D eigenvalue weighted by Gasteiger charge is 2.10. The summed E-state index contributed by atoms with van der Waals surface area (Å²) in [6.45, 7) is 1.88. The Kier molecular flexibility index (Phi) is 3.15. The summed E-state index contributed by atoms with van der Waals surface area (Å²) in [7, 11) is 3.18. The van der Waals surface area contributed by atoms with Gasteiger partial charge in [-0.3, -0.25) is 4.98 Å². The summed E-state index contributed by atoms with van der Waals surface area (Å²) in [5.41, 5.74) is 2.51. The van der Waals surface area contributed by atoms with E-state index in [1.165, 1.54) is 0 Å². The molecule has 4 nitrogen and oxygen atoms in total. The maximum absolute atomic E-state index is 9.35. The molecule has 2 aromatic rings. The maximum atomic E-state index is 9.35. The second-order valence-corrected chi connectivity index (χ2v) is 3.81. The van der Waals surface area contributed by atoms with Gasteiger partial charge in [0.05, 0.1) is 26.3 Å². The number of aliphatic hydroxyl groups is 1. The summed E-state index contributed by atoms with van der Waals surface area (Å²) < 4.78 is 10.5. The van der Waals surface area contributed by atoms with E-state index in [1.54, 1.807) is 14.2 Å². The number of aryl methyl sites for hydroxylation is 1. The van der Waals surface area contributed by atoms with Crippen LogP contribution in [0.1, 0.15) is 11.3 Å². The van der Waals surface area contributed by atoms with Crippen molar-refractivity contribution in [2.75, 3.05) is 14.2 Å². The van der Waals surface area contributed by atoms with E-state index in [0.29, 0.717) is 11.5 Å². The number of hydrogen-bond donors (Lipinski definition) is 1. The summed E-state index contributed by atoms with van der Waals surface area (Å²) in [5.74, 6) is 1.28. The predicted octanol–water partition coefficient (Wildman–Crippen LogP) is 2.05. The Morgan fingerprint density at radius 2 is 1.76 bits per heavy atom. The minimum Gasteiger partial charge on any atom is -0.493 e. The van der Waals surface area contributed by atoms with Crippen molar-refractivity contribution < 1.29 is 14.6 Å². The van der Waals surface area contributed by atoms with Crippen LogP contribution in [0.15, 0.2) is 18.2 Å². The Bertz CT molecular complexity index is 552. The van der Waals surface area contributed by atoms with Crippen molar-refractivity contribution in [3.63, 3.8) is 0 Å². The number of fused-ring (bicyclic) bond motifs is 1. The van der Waals surface area contributed by atoms with Gasteiger partial charge in [-0.1, -0.05) is 0 Å². The maximum Gasteiger partial charge on any atom is 0.162 e. The van der Waals surface area contributed by atoms with Gasteiger partial charge >= 0.3 is 0 Å². The first kappa shape index (κ1) is 11.7. The molecule has 0 aliphatic rings. The molecule has 0 aliphatic heterocycles. The summed E-state index contributed by atoms with van der Waals surface area (Å²) in [6.07, 6.45) is 0. The van der Waals surface area contributed by atoms with Gasteiger partial charge in [-0.2, -0.15) is 0 Å². The number of aromatic nitrogens is 1. The Balaban J connectivity index is 2.77. The molecule has 0 saturated carbocycles. The average Bonchev–Trinajstić information content (AvgIpc) is 2.35. The van der Waals surface area contributed by atoms with Gasteiger partial charge in [0.1, 0.15) is 0 Å². The molecule has 1 aromatic heterocycles. The van der Waals surface area contributed by atoms with Crippen molar-refractivity contribution >= 4 is 10.9 Å². The summed E-state index contributed by atoms with van der Waals surface area (Å²) in [6, 6.07) is 5.53. The van der Waals surface area contributed by atoms with Crippen molar-refractivity contribution in [3.8, 4) is 11.5 Å². The first-order valence-corrected chi connectivity index (χ1v) is 5.32. The van der Waals surface area contributed by atoms with Gasteiger partial charge in [0.2, 0.25) is 0 Å². The van der Waals surface area contributed by atoms with Crippen LogP contribution in [-0.2, 0) is 6.61 Å². The van der Waals surface area contributed by atoms with Crippen molar-refractivity contribution in [3.05, 3.63) is 29.5 Å². The average molecular weight is 233 g/mol. The standard InChI is InChI=1S/C13H15NO3/c1-8-4-9(7-15)10-5-12(16-2)13(17-3)6-11(10)14-8/h4-6,15H,7H2,1-3H3. The number of pyridine rings is 1. The number of rotatable bonds is 3. The predicted molar refractivity (Wildman–Crippen MR) is 65.5 cm³/mol. The van der Waals surface area contributed by atoms with E-state index in [2.05, 4.69) is 4.98 Å². The summed E-state index contributed by atoms with van der Waals surface area (Å²) >= 11 is 0. The van der Waals surface area contributed by atoms with Crippen LogP contribution < -0.4 is 9.47 Å². The molecule has 1 heterocycles. The van der Waals surface area contributed by atoms with E-state index in [9.17, 15) is 5.11 Å². The molecule has 0 fully saturated rings. The number of nitrogens with zero attached hydrogens (tertiary/aromatic N) is 1. The topological polar surface area (TPSA) is 51.6 Å². The van der Waals surface area contributed by atoms with Gasteiger partial charge in [0.25, 0.3) is 0 Å². The monoisotopic (exact) mass is 233 g/mol. The first-order valence-electron chi connectivity index (χ1n) is 5.32. The van der Waals surface area contributed by atoms with Crippen LogP contribution in [0.25, 0.3) is 10.9 Å². The highest BCUT2D eigenvalue weighted by atomic mass is 16.5. The van der Waals surface area contributed by atoms with E-state index in [0.717, 1.165) is 22.2 Å². The molecule has 1 N–H and O–H groups in total. The molecule has 0 saturated heterocycles. The summed E-state index contributed by atoms with van der Waals surface area (Å²) in [5, 5.41) is 10.2. The Hall–Kier alpha value is -1.81. The molecule has 17 heavy (non-hydrogen) atoms. The highest BCUT2D eigenvalue weighted by Crippen LogP contribution is 2.33. The van der Waals surface area contributed by atoms with Gasteiger partial charge in [0.15, 0.2) is 11.5 Å². The van der Waals surface area contributed by atoms with E-state index in [1.807, 2.05) is 25.1 Å². The van der Waals surface area contributed by atoms with Gasteiger partial charge in [0, 0.05) is 17.1 Å². The van der Waals surface area contributed by atoms with Crippen molar-refractivity contribution in [2.24, 2.45) is 0 Å². The molecule has 0 amide bonds. The molecule has 0 aliphatic carbocycles. The lowest BCUT2D eigenvalue weighted by Crippen LogP contribution is -1.95. The third kappa shape index (κ3) is 2.03. The summed E-state index contributed by atoms with van der Waals surface area (Å²) in [4.78, 5) is 4.42. The molecule has 4 heteroatoms. The zero-order valence-electron chi connectivity index (χ0n) is 10.2. The van der Waals surface area contributed by atoms with Gasteiger partial charge < -0.3 is 14.6 Å². The number of ether oxygens (including phenoxy) is 2. The molecule has 90 valence electrons. The second-order valence-electron chi connectivity index (χ2n) is 3.81. The largest absolute Gasteiger partial charge is 0.493 e. The van der Waals surface area contributed by atoms with Gasteiger partial charge in [-0.05, 0) is 24.6 Å². The van der Waals surface area contributed by atoms with Crippen LogP contribution in [-0.4, -0.2) is 24.3 Å². The van der Waals surface area contributed by atoms with E-state index in [4.69, 9.17) is 9.47 Å². The highest BCUT2D eigenvalue weighted by molar-refractivity contribution is 5.86. The molecular weight excluding hydrogens is 218 g/mol. The zero-order chi connectivity index (χ0) is 12.4. The fraction of sp³-hybridized carbons (Fsp3) is 0.308. The van der Waals surface area contributed by atoms with Crippen molar-refractivity contribution in [2.45, 2.75) is 13.5 Å². The molecule has 0 atom stereocenters. The number of hydrogen-bond acceptors (Lipinski definition) is 4. The van der Waals surface area contributed by atoms with Crippen molar-refractivity contribution in [1.82, 2.24) is 4.98 Å². The number of benzene rings is 1. The minimum absolute atomic E-state index is 0.0185. The molecule has 0 unspecified atom stereocenters. The van der Waals surface area contributed by atoms with Gasteiger partial charge in [-0.25, -0.2) is 0 Å². The van der Waals surface area contributed by atoms with Crippen LogP contribution in [0.2, 0.25) is 0 Å². The smallest absolute Gasteiger partial charge is 0.162 e. The zero-order valence-corrected chi connectivity index (χ0v) is 10.2. The quantitative estimate of drug-likeness (QED) is 0.881.